The molecule has 0 aliphatic carbocycles. The van der Waals surface area contributed by atoms with Crippen LogP contribution in [0.4, 0.5) is 14.6 Å². The van der Waals surface area contributed by atoms with Gasteiger partial charge in [0.15, 0.2) is 5.65 Å². The van der Waals surface area contributed by atoms with Crippen LogP contribution in [0.3, 0.4) is 0 Å². The van der Waals surface area contributed by atoms with Gasteiger partial charge in [-0.1, -0.05) is 6.58 Å². The van der Waals surface area contributed by atoms with Crippen LogP contribution in [0.25, 0.3) is 17.0 Å². The topological polar surface area (TPSA) is 60.0 Å². The SMILES string of the molecule is C=C(Nc1ccnn1-c1cc(F)ccc1F)c1cnn2cccnc12. The second kappa shape index (κ2) is 5.82. The molecule has 25 heavy (non-hydrogen) atoms. The van der Waals surface area contributed by atoms with E-state index in [2.05, 4.69) is 27.1 Å². The van der Waals surface area contributed by atoms with Crippen LogP contribution in [0.2, 0.25) is 0 Å². The van der Waals surface area contributed by atoms with E-state index in [1.165, 1.54) is 10.9 Å². The normalized spacial score (nSPS) is 11.0. The van der Waals surface area contributed by atoms with Crippen molar-refractivity contribution in [3.63, 3.8) is 0 Å². The third-order valence-electron chi connectivity index (χ3n) is 3.66. The second-order valence-corrected chi connectivity index (χ2v) is 5.27. The first-order valence-electron chi connectivity index (χ1n) is 7.37. The van der Waals surface area contributed by atoms with Crippen molar-refractivity contribution in [3.05, 3.63) is 78.9 Å². The maximum atomic E-state index is 14.0. The van der Waals surface area contributed by atoms with Crippen LogP contribution in [0.15, 0.2) is 61.7 Å². The molecule has 0 saturated heterocycles. The molecular formula is C17H12F2N6. The van der Waals surface area contributed by atoms with Gasteiger partial charge in [-0.3, -0.25) is 0 Å². The third kappa shape index (κ3) is 2.63. The summed E-state index contributed by atoms with van der Waals surface area (Å²) in [6.45, 7) is 3.98. The van der Waals surface area contributed by atoms with Crippen molar-refractivity contribution in [1.82, 2.24) is 24.4 Å². The summed E-state index contributed by atoms with van der Waals surface area (Å²) in [4.78, 5) is 4.27. The largest absolute Gasteiger partial charge is 0.340 e. The molecule has 4 rings (SSSR count). The molecule has 1 N–H and O–H groups in total. The first-order chi connectivity index (χ1) is 12.1. The second-order valence-electron chi connectivity index (χ2n) is 5.27. The Morgan fingerprint density at radius 3 is 2.88 bits per heavy atom. The minimum atomic E-state index is -0.587. The van der Waals surface area contributed by atoms with E-state index in [0.717, 1.165) is 18.2 Å². The van der Waals surface area contributed by atoms with Gasteiger partial charge in [-0.05, 0) is 18.2 Å². The van der Waals surface area contributed by atoms with Crippen molar-refractivity contribution < 1.29 is 8.78 Å². The smallest absolute Gasteiger partial charge is 0.164 e. The molecule has 0 unspecified atom stereocenters. The average Bonchev–Trinajstić information content (AvgIpc) is 3.23. The van der Waals surface area contributed by atoms with Crippen molar-refractivity contribution in [1.29, 1.82) is 0 Å². The Labute approximate surface area is 141 Å². The Hall–Kier alpha value is -3.55. The Morgan fingerprint density at radius 2 is 2.00 bits per heavy atom. The zero-order chi connectivity index (χ0) is 17.4. The highest BCUT2D eigenvalue weighted by atomic mass is 19.1. The Morgan fingerprint density at radius 1 is 1.12 bits per heavy atom. The maximum absolute atomic E-state index is 14.0. The summed E-state index contributed by atoms with van der Waals surface area (Å²) >= 11 is 0. The molecule has 124 valence electrons. The number of halogens is 2. The number of hydrogen-bond donors (Lipinski definition) is 1. The summed E-state index contributed by atoms with van der Waals surface area (Å²) in [5.41, 5.74) is 1.82. The van der Waals surface area contributed by atoms with Gasteiger partial charge < -0.3 is 5.32 Å². The summed E-state index contributed by atoms with van der Waals surface area (Å²) in [6, 6.07) is 6.59. The summed E-state index contributed by atoms with van der Waals surface area (Å²) in [5, 5.41) is 11.3. The van der Waals surface area contributed by atoms with E-state index in [4.69, 9.17) is 0 Å². The Balaban J connectivity index is 1.69. The number of hydrogen-bond acceptors (Lipinski definition) is 4. The van der Waals surface area contributed by atoms with Crippen molar-refractivity contribution in [2.75, 3.05) is 5.32 Å². The monoisotopic (exact) mass is 338 g/mol. The molecule has 0 fully saturated rings. The molecule has 1 aromatic carbocycles. The van der Waals surface area contributed by atoms with Crippen molar-refractivity contribution in [2.45, 2.75) is 0 Å². The molecule has 0 radical (unpaired) electrons. The van der Waals surface area contributed by atoms with Crippen molar-refractivity contribution in [3.8, 4) is 5.69 Å². The van der Waals surface area contributed by atoms with Gasteiger partial charge in [0.05, 0.1) is 18.0 Å². The summed E-state index contributed by atoms with van der Waals surface area (Å²) in [6.07, 6.45) is 6.53. The lowest BCUT2D eigenvalue weighted by atomic mass is 10.2. The molecular weight excluding hydrogens is 326 g/mol. The van der Waals surface area contributed by atoms with Gasteiger partial charge in [0.2, 0.25) is 0 Å². The lowest BCUT2D eigenvalue weighted by molar-refractivity contribution is 0.587. The maximum Gasteiger partial charge on any atom is 0.164 e. The van der Waals surface area contributed by atoms with E-state index < -0.39 is 11.6 Å². The lowest BCUT2D eigenvalue weighted by Crippen LogP contribution is -2.07. The predicted octanol–water partition coefficient (Wildman–Crippen LogP) is 3.28. The fraction of sp³-hybridized carbons (Fsp3) is 0. The van der Waals surface area contributed by atoms with Crippen molar-refractivity contribution in [2.24, 2.45) is 0 Å². The number of rotatable bonds is 4. The van der Waals surface area contributed by atoms with E-state index in [9.17, 15) is 8.78 Å². The molecule has 0 amide bonds. The van der Waals surface area contributed by atoms with Crippen LogP contribution in [0, 0.1) is 11.6 Å². The highest BCUT2D eigenvalue weighted by Crippen LogP contribution is 2.23. The highest BCUT2D eigenvalue weighted by Gasteiger charge is 2.14. The average molecular weight is 338 g/mol. The van der Waals surface area contributed by atoms with Gasteiger partial charge in [-0.25, -0.2) is 23.0 Å². The van der Waals surface area contributed by atoms with E-state index in [1.807, 2.05) is 0 Å². The zero-order valence-corrected chi connectivity index (χ0v) is 12.9. The van der Waals surface area contributed by atoms with Crippen molar-refractivity contribution >= 4 is 17.2 Å². The van der Waals surface area contributed by atoms with Gasteiger partial charge in [0.1, 0.15) is 23.1 Å². The van der Waals surface area contributed by atoms with Crippen LogP contribution < -0.4 is 5.32 Å². The van der Waals surface area contributed by atoms with Crippen LogP contribution in [-0.2, 0) is 0 Å². The van der Waals surface area contributed by atoms with Crippen LogP contribution in [0.5, 0.6) is 0 Å². The van der Waals surface area contributed by atoms with Gasteiger partial charge in [-0.2, -0.15) is 10.2 Å². The van der Waals surface area contributed by atoms with Crippen LogP contribution in [-0.4, -0.2) is 24.4 Å². The Kier molecular flexibility index (Phi) is 3.50. The molecule has 0 bridgehead atoms. The number of aromatic nitrogens is 5. The van der Waals surface area contributed by atoms with E-state index in [-0.39, 0.29) is 5.69 Å². The Bertz CT molecular complexity index is 1080. The number of anilines is 1. The minimum Gasteiger partial charge on any atom is -0.340 e. The van der Waals surface area contributed by atoms with E-state index >= 15 is 0 Å². The van der Waals surface area contributed by atoms with E-state index in [0.29, 0.717) is 22.7 Å². The first-order valence-corrected chi connectivity index (χ1v) is 7.37. The third-order valence-corrected chi connectivity index (χ3v) is 3.66. The lowest BCUT2D eigenvalue weighted by Gasteiger charge is -2.12. The number of fused-ring (bicyclic) bond motifs is 1. The molecule has 6 nitrogen and oxygen atoms in total. The molecule has 3 aromatic heterocycles. The molecule has 0 spiro atoms. The van der Waals surface area contributed by atoms with Gasteiger partial charge in [0.25, 0.3) is 0 Å². The number of benzene rings is 1. The minimum absolute atomic E-state index is 0.00158. The fourth-order valence-electron chi connectivity index (χ4n) is 2.50. The van der Waals surface area contributed by atoms with Crippen LogP contribution in [0.1, 0.15) is 5.56 Å². The molecule has 0 aliphatic heterocycles. The summed E-state index contributed by atoms with van der Waals surface area (Å²) in [5.74, 6) is -0.704. The molecule has 0 aliphatic rings. The van der Waals surface area contributed by atoms with Gasteiger partial charge in [-0.15, -0.1) is 0 Å². The highest BCUT2D eigenvalue weighted by molar-refractivity contribution is 5.81. The zero-order valence-electron chi connectivity index (χ0n) is 12.9. The van der Waals surface area contributed by atoms with E-state index in [1.54, 1.807) is 35.2 Å². The predicted molar refractivity (Wildman–Crippen MR) is 89.1 cm³/mol. The standard InChI is InChI=1S/C17H12F2N6/c1-11(13-10-22-24-8-2-6-20-17(13)24)23-16-5-7-21-25(16)15-9-12(18)3-4-14(15)19/h2-10,23H,1H2. The quantitative estimate of drug-likeness (QED) is 0.620. The summed E-state index contributed by atoms with van der Waals surface area (Å²) in [7, 11) is 0. The molecule has 0 saturated carbocycles. The van der Waals surface area contributed by atoms with Crippen LogP contribution >= 0.6 is 0 Å². The number of nitrogens with one attached hydrogen (secondary N) is 1. The first kappa shape index (κ1) is 15.0. The number of nitrogens with zero attached hydrogens (tertiary/aromatic N) is 5. The molecule has 3 heterocycles. The molecule has 8 heteroatoms. The molecule has 4 aromatic rings. The van der Waals surface area contributed by atoms with Gasteiger partial charge >= 0.3 is 0 Å². The fourth-order valence-corrected chi connectivity index (χ4v) is 2.50. The summed E-state index contributed by atoms with van der Waals surface area (Å²) < 4.78 is 30.4. The molecule has 0 atom stereocenters. The van der Waals surface area contributed by atoms with Gasteiger partial charge in [0, 0.05) is 30.2 Å².